The monoisotopic (exact) mass is 260 g/mol. The van der Waals surface area contributed by atoms with Gasteiger partial charge >= 0.3 is 0 Å². The van der Waals surface area contributed by atoms with Crippen LogP contribution in [0, 0.1) is 0 Å². The van der Waals surface area contributed by atoms with Crippen LogP contribution in [0.1, 0.15) is 42.8 Å². The van der Waals surface area contributed by atoms with E-state index in [0.717, 1.165) is 17.1 Å². The van der Waals surface area contributed by atoms with Crippen LogP contribution in [0.3, 0.4) is 0 Å². The Balaban J connectivity index is 2.37. The Morgan fingerprint density at radius 1 is 1.22 bits per heavy atom. The van der Waals surface area contributed by atoms with Gasteiger partial charge in [-0.3, -0.25) is 0 Å². The minimum atomic E-state index is 0.434. The fourth-order valence-electron chi connectivity index (χ4n) is 1.97. The molecule has 96 valence electrons. The molecule has 0 spiro atoms. The van der Waals surface area contributed by atoms with E-state index in [4.69, 9.17) is 10.7 Å². The lowest BCUT2D eigenvalue weighted by molar-refractivity contribution is 0.814. The van der Waals surface area contributed by atoms with Crippen LogP contribution in [0.4, 0.5) is 0 Å². The molecule has 0 aliphatic rings. The van der Waals surface area contributed by atoms with Crippen LogP contribution < -0.4 is 5.73 Å². The Morgan fingerprint density at radius 3 is 2.33 bits per heavy atom. The number of benzene rings is 1. The standard InChI is InChI=1S/C15H20N2S/c1-4-11-5-7-12(8-6-11)15-17-14(10(2)3)13(9-16)18-15/h5-8,10H,4,9,16H2,1-3H3. The number of thiazole rings is 1. The van der Waals surface area contributed by atoms with E-state index in [1.165, 1.54) is 16.0 Å². The quantitative estimate of drug-likeness (QED) is 0.904. The molecule has 0 bridgehead atoms. The summed E-state index contributed by atoms with van der Waals surface area (Å²) in [6.45, 7) is 7.08. The summed E-state index contributed by atoms with van der Waals surface area (Å²) in [6, 6.07) is 8.66. The molecule has 1 aromatic heterocycles. The van der Waals surface area contributed by atoms with Crippen molar-refractivity contribution in [1.29, 1.82) is 0 Å². The molecule has 0 unspecified atom stereocenters. The molecular formula is C15H20N2S. The lowest BCUT2D eigenvalue weighted by Gasteiger charge is -2.01. The maximum Gasteiger partial charge on any atom is 0.123 e. The van der Waals surface area contributed by atoms with Crippen molar-refractivity contribution in [3.05, 3.63) is 40.4 Å². The highest BCUT2D eigenvalue weighted by molar-refractivity contribution is 7.15. The Morgan fingerprint density at radius 2 is 1.89 bits per heavy atom. The number of nitrogens with two attached hydrogens (primary N) is 1. The summed E-state index contributed by atoms with van der Waals surface area (Å²) in [5, 5.41) is 1.09. The molecule has 1 heterocycles. The highest BCUT2D eigenvalue weighted by atomic mass is 32.1. The van der Waals surface area contributed by atoms with Gasteiger partial charge in [-0.25, -0.2) is 4.98 Å². The van der Waals surface area contributed by atoms with Crippen LogP contribution in [0.25, 0.3) is 10.6 Å². The Kier molecular flexibility index (Phi) is 4.15. The van der Waals surface area contributed by atoms with Crippen LogP contribution in [-0.2, 0) is 13.0 Å². The van der Waals surface area contributed by atoms with Gasteiger partial charge in [-0.2, -0.15) is 0 Å². The van der Waals surface area contributed by atoms with Crippen LogP contribution in [0.5, 0.6) is 0 Å². The normalized spacial score (nSPS) is 11.2. The number of hydrogen-bond acceptors (Lipinski definition) is 3. The number of nitrogens with zero attached hydrogens (tertiary/aromatic N) is 1. The van der Waals surface area contributed by atoms with Gasteiger partial charge < -0.3 is 5.73 Å². The molecular weight excluding hydrogens is 240 g/mol. The SMILES string of the molecule is CCc1ccc(-c2nc(C(C)C)c(CN)s2)cc1. The van der Waals surface area contributed by atoms with E-state index in [9.17, 15) is 0 Å². The summed E-state index contributed by atoms with van der Waals surface area (Å²) < 4.78 is 0. The zero-order valence-electron chi connectivity index (χ0n) is 11.2. The first-order valence-electron chi connectivity index (χ1n) is 6.44. The molecule has 0 saturated carbocycles. The lowest BCUT2D eigenvalue weighted by Crippen LogP contribution is -1.99. The highest BCUT2D eigenvalue weighted by Crippen LogP contribution is 2.31. The maximum atomic E-state index is 5.80. The molecule has 0 aliphatic heterocycles. The molecule has 0 fully saturated rings. The second-order valence-corrected chi connectivity index (χ2v) is 5.82. The zero-order valence-corrected chi connectivity index (χ0v) is 12.1. The van der Waals surface area contributed by atoms with Crippen molar-refractivity contribution in [3.8, 4) is 10.6 Å². The highest BCUT2D eigenvalue weighted by Gasteiger charge is 2.13. The molecule has 0 atom stereocenters. The van der Waals surface area contributed by atoms with Crippen LogP contribution in [0.2, 0.25) is 0 Å². The fraction of sp³-hybridized carbons (Fsp3) is 0.400. The van der Waals surface area contributed by atoms with Crippen LogP contribution >= 0.6 is 11.3 Å². The predicted octanol–water partition coefficient (Wildman–Crippen LogP) is 3.95. The topological polar surface area (TPSA) is 38.9 Å². The Bertz CT molecular complexity index is 512. The molecule has 0 saturated heterocycles. The number of aromatic nitrogens is 1. The van der Waals surface area contributed by atoms with Gasteiger partial charge in [-0.05, 0) is 17.9 Å². The molecule has 0 radical (unpaired) electrons. The van der Waals surface area contributed by atoms with E-state index in [0.29, 0.717) is 12.5 Å². The van der Waals surface area contributed by atoms with Crippen molar-refractivity contribution in [2.24, 2.45) is 5.73 Å². The minimum Gasteiger partial charge on any atom is -0.326 e. The summed E-state index contributed by atoms with van der Waals surface area (Å²) in [4.78, 5) is 5.95. The van der Waals surface area contributed by atoms with Gasteiger partial charge in [-0.15, -0.1) is 11.3 Å². The average Bonchev–Trinajstić information content (AvgIpc) is 2.83. The average molecular weight is 260 g/mol. The molecule has 0 aliphatic carbocycles. The molecule has 2 N–H and O–H groups in total. The largest absolute Gasteiger partial charge is 0.326 e. The van der Waals surface area contributed by atoms with E-state index in [-0.39, 0.29) is 0 Å². The molecule has 2 rings (SSSR count). The van der Waals surface area contributed by atoms with Gasteiger partial charge in [-0.1, -0.05) is 45.0 Å². The maximum absolute atomic E-state index is 5.80. The Labute approximate surface area is 113 Å². The lowest BCUT2D eigenvalue weighted by atomic mass is 10.1. The van der Waals surface area contributed by atoms with Gasteiger partial charge in [0.2, 0.25) is 0 Å². The first-order chi connectivity index (χ1) is 8.65. The molecule has 3 heteroatoms. The minimum absolute atomic E-state index is 0.434. The zero-order chi connectivity index (χ0) is 13.1. The predicted molar refractivity (Wildman–Crippen MR) is 78.9 cm³/mol. The number of aryl methyl sites for hydroxylation is 1. The van der Waals surface area contributed by atoms with Crippen molar-refractivity contribution >= 4 is 11.3 Å². The van der Waals surface area contributed by atoms with Crippen molar-refractivity contribution in [2.75, 3.05) is 0 Å². The van der Waals surface area contributed by atoms with Gasteiger partial charge in [0.25, 0.3) is 0 Å². The van der Waals surface area contributed by atoms with Crippen molar-refractivity contribution < 1.29 is 0 Å². The van der Waals surface area contributed by atoms with Crippen LogP contribution in [0.15, 0.2) is 24.3 Å². The summed E-state index contributed by atoms with van der Waals surface area (Å²) in [7, 11) is 0. The fourth-order valence-corrected chi connectivity index (χ4v) is 3.07. The van der Waals surface area contributed by atoms with Crippen molar-refractivity contribution in [2.45, 2.75) is 39.7 Å². The smallest absolute Gasteiger partial charge is 0.123 e. The third-order valence-corrected chi connectivity index (χ3v) is 4.21. The molecule has 0 amide bonds. The third-order valence-electron chi connectivity index (χ3n) is 3.07. The summed E-state index contributed by atoms with van der Waals surface area (Å²) in [5.41, 5.74) is 9.50. The van der Waals surface area contributed by atoms with Gasteiger partial charge in [0.1, 0.15) is 5.01 Å². The summed E-state index contributed by atoms with van der Waals surface area (Å²) >= 11 is 1.72. The van der Waals surface area contributed by atoms with E-state index in [1.54, 1.807) is 11.3 Å². The van der Waals surface area contributed by atoms with Crippen molar-refractivity contribution in [3.63, 3.8) is 0 Å². The molecule has 2 aromatic rings. The van der Waals surface area contributed by atoms with Gasteiger partial charge in [0.05, 0.1) is 5.69 Å². The molecule has 18 heavy (non-hydrogen) atoms. The second kappa shape index (κ2) is 5.63. The van der Waals surface area contributed by atoms with E-state index >= 15 is 0 Å². The first-order valence-corrected chi connectivity index (χ1v) is 7.26. The molecule has 1 aromatic carbocycles. The van der Waals surface area contributed by atoms with E-state index in [1.807, 2.05) is 0 Å². The molecule has 2 nitrogen and oxygen atoms in total. The second-order valence-electron chi connectivity index (χ2n) is 4.74. The van der Waals surface area contributed by atoms with Gasteiger partial charge in [0, 0.05) is 17.0 Å². The first kappa shape index (κ1) is 13.2. The summed E-state index contributed by atoms with van der Waals surface area (Å²) in [5.74, 6) is 0.434. The number of hydrogen-bond donors (Lipinski definition) is 1. The third kappa shape index (κ3) is 2.62. The van der Waals surface area contributed by atoms with E-state index in [2.05, 4.69) is 45.0 Å². The van der Waals surface area contributed by atoms with E-state index < -0.39 is 0 Å². The van der Waals surface area contributed by atoms with Gasteiger partial charge in [0.15, 0.2) is 0 Å². The van der Waals surface area contributed by atoms with Crippen LogP contribution in [-0.4, -0.2) is 4.98 Å². The Hall–Kier alpha value is -1.19. The van der Waals surface area contributed by atoms with Crippen molar-refractivity contribution in [1.82, 2.24) is 4.98 Å². The number of rotatable bonds is 4. The summed E-state index contributed by atoms with van der Waals surface area (Å²) in [6.07, 6.45) is 1.07.